The van der Waals surface area contributed by atoms with Gasteiger partial charge in [-0.05, 0) is 29.3 Å². The molecule has 1 aromatic carbocycles. The lowest BCUT2D eigenvalue weighted by Crippen LogP contribution is -2.09. The van der Waals surface area contributed by atoms with Gasteiger partial charge in [-0.3, -0.25) is 0 Å². The molecular formula is C14H11Cl2FN2O2. The van der Waals surface area contributed by atoms with Crippen LogP contribution >= 0.6 is 23.2 Å². The lowest BCUT2D eigenvalue weighted by Gasteiger charge is -2.15. The lowest BCUT2D eigenvalue weighted by molar-refractivity contribution is -0.0450. The van der Waals surface area contributed by atoms with Gasteiger partial charge in [0.1, 0.15) is 11.0 Å². The van der Waals surface area contributed by atoms with Crippen molar-refractivity contribution in [3.05, 3.63) is 57.3 Å². The van der Waals surface area contributed by atoms with Gasteiger partial charge in [0.15, 0.2) is 6.29 Å². The summed E-state index contributed by atoms with van der Waals surface area (Å²) < 4.78 is 23.9. The van der Waals surface area contributed by atoms with E-state index in [1.165, 1.54) is 12.1 Å². The molecule has 1 aromatic heterocycles. The monoisotopic (exact) mass is 328 g/mol. The topological polar surface area (TPSA) is 44.2 Å². The summed E-state index contributed by atoms with van der Waals surface area (Å²) in [5.41, 5.74) is 2.06. The molecule has 110 valence electrons. The first-order valence-corrected chi connectivity index (χ1v) is 7.08. The molecule has 1 aliphatic rings. The van der Waals surface area contributed by atoms with Crippen LogP contribution in [0.1, 0.15) is 23.1 Å². The average Bonchev–Trinajstić information content (AvgIpc) is 2.94. The molecule has 1 saturated heterocycles. The molecule has 2 aromatic rings. The number of halogens is 3. The first kappa shape index (κ1) is 14.7. The summed E-state index contributed by atoms with van der Waals surface area (Å²) in [5.74, 6) is -0.291. The molecule has 0 spiro atoms. The number of benzene rings is 1. The third-order valence-electron chi connectivity index (χ3n) is 3.09. The Labute approximate surface area is 130 Å². The van der Waals surface area contributed by atoms with E-state index < -0.39 is 6.29 Å². The Morgan fingerprint density at radius 3 is 2.43 bits per heavy atom. The normalized spacial score (nSPS) is 15.6. The molecule has 0 unspecified atom stereocenters. The van der Waals surface area contributed by atoms with Crippen LogP contribution in [0.4, 0.5) is 4.39 Å². The van der Waals surface area contributed by atoms with E-state index >= 15 is 0 Å². The van der Waals surface area contributed by atoms with Gasteiger partial charge in [-0.2, -0.15) is 0 Å². The van der Waals surface area contributed by atoms with E-state index in [1.807, 2.05) is 0 Å². The fraction of sp³-hybridized carbons (Fsp3) is 0.286. The van der Waals surface area contributed by atoms with Crippen molar-refractivity contribution in [2.75, 3.05) is 13.2 Å². The number of hydrogen-bond acceptors (Lipinski definition) is 4. The van der Waals surface area contributed by atoms with Crippen LogP contribution in [0.5, 0.6) is 0 Å². The predicted octanol–water partition coefficient (Wildman–Crippen LogP) is 3.56. The van der Waals surface area contributed by atoms with E-state index in [0.29, 0.717) is 30.9 Å². The number of hydrogen-bond donors (Lipinski definition) is 0. The Morgan fingerprint density at radius 2 is 1.76 bits per heavy atom. The highest BCUT2D eigenvalue weighted by molar-refractivity contribution is 6.32. The van der Waals surface area contributed by atoms with E-state index in [9.17, 15) is 4.39 Å². The molecule has 0 saturated carbocycles. The molecule has 0 N–H and O–H groups in total. The van der Waals surface area contributed by atoms with E-state index in [2.05, 4.69) is 9.97 Å². The molecular weight excluding hydrogens is 318 g/mol. The largest absolute Gasteiger partial charge is 0.346 e. The Balaban J connectivity index is 1.97. The van der Waals surface area contributed by atoms with Gasteiger partial charge >= 0.3 is 0 Å². The first-order valence-electron chi connectivity index (χ1n) is 6.33. The maximum atomic E-state index is 13.0. The van der Waals surface area contributed by atoms with Crippen molar-refractivity contribution in [3.63, 3.8) is 0 Å². The van der Waals surface area contributed by atoms with Crippen molar-refractivity contribution < 1.29 is 13.9 Å². The van der Waals surface area contributed by atoms with Gasteiger partial charge in [-0.25, -0.2) is 14.4 Å². The SMILES string of the molecule is Fc1ccc(Cc2nc(Cl)nc(Cl)c2C2OCCO2)cc1. The molecule has 4 nitrogen and oxygen atoms in total. The fourth-order valence-corrected chi connectivity index (χ4v) is 2.65. The number of aromatic nitrogens is 2. The summed E-state index contributed by atoms with van der Waals surface area (Å²) in [6.07, 6.45) is -0.161. The molecule has 2 heterocycles. The van der Waals surface area contributed by atoms with E-state index in [0.717, 1.165) is 5.56 Å². The van der Waals surface area contributed by atoms with Crippen molar-refractivity contribution in [2.45, 2.75) is 12.7 Å². The minimum atomic E-state index is -0.592. The van der Waals surface area contributed by atoms with Gasteiger partial charge in [0.2, 0.25) is 5.28 Å². The van der Waals surface area contributed by atoms with Crippen molar-refractivity contribution in [1.29, 1.82) is 0 Å². The van der Waals surface area contributed by atoms with Gasteiger partial charge in [0.25, 0.3) is 0 Å². The predicted molar refractivity (Wildman–Crippen MR) is 75.9 cm³/mol. The third-order valence-corrected chi connectivity index (χ3v) is 3.55. The Bertz CT molecular complexity index is 646. The Hall–Kier alpha value is -1.27. The molecule has 1 fully saturated rings. The second-order valence-corrected chi connectivity index (χ2v) is 5.22. The van der Waals surface area contributed by atoms with Crippen LogP contribution in [0.15, 0.2) is 24.3 Å². The van der Waals surface area contributed by atoms with E-state index in [1.54, 1.807) is 12.1 Å². The number of nitrogens with zero attached hydrogens (tertiary/aromatic N) is 2. The van der Waals surface area contributed by atoms with Crippen LogP contribution in [0.25, 0.3) is 0 Å². The highest BCUT2D eigenvalue weighted by Gasteiger charge is 2.26. The molecule has 0 aliphatic carbocycles. The molecule has 0 amide bonds. The first-order chi connectivity index (χ1) is 10.1. The second kappa shape index (κ2) is 6.23. The Morgan fingerprint density at radius 1 is 1.10 bits per heavy atom. The summed E-state index contributed by atoms with van der Waals surface area (Å²) >= 11 is 12.0. The molecule has 1 aliphatic heterocycles. The summed E-state index contributed by atoms with van der Waals surface area (Å²) in [4.78, 5) is 8.15. The highest BCUT2D eigenvalue weighted by Crippen LogP contribution is 2.32. The van der Waals surface area contributed by atoms with Crippen molar-refractivity contribution in [2.24, 2.45) is 0 Å². The van der Waals surface area contributed by atoms with Crippen molar-refractivity contribution in [3.8, 4) is 0 Å². The standard InChI is InChI=1S/C14H11Cl2FN2O2/c15-12-11(13-20-5-6-21-13)10(18-14(16)19-12)7-8-1-3-9(17)4-2-8/h1-4,13H,5-7H2. The van der Waals surface area contributed by atoms with E-state index in [4.69, 9.17) is 32.7 Å². The average molecular weight is 329 g/mol. The molecule has 0 radical (unpaired) electrons. The third kappa shape index (κ3) is 3.32. The smallest absolute Gasteiger partial charge is 0.224 e. The maximum Gasteiger partial charge on any atom is 0.224 e. The van der Waals surface area contributed by atoms with Crippen LogP contribution in [-0.4, -0.2) is 23.2 Å². The van der Waals surface area contributed by atoms with Crippen LogP contribution in [0, 0.1) is 5.82 Å². The minimum Gasteiger partial charge on any atom is -0.346 e. The zero-order valence-corrected chi connectivity index (χ0v) is 12.4. The number of rotatable bonds is 3. The lowest BCUT2D eigenvalue weighted by atomic mass is 10.1. The zero-order chi connectivity index (χ0) is 14.8. The van der Waals surface area contributed by atoms with Gasteiger partial charge < -0.3 is 9.47 Å². The van der Waals surface area contributed by atoms with Gasteiger partial charge in [0.05, 0.1) is 24.5 Å². The van der Waals surface area contributed by atoms with Crippen LogP contribution in [0.3, 0.4) is 0 Å². The zero-order valence-electron chi connectivity index (χ0n) is 10.9. The van der Waals surface area contributed by atoms with Crippen LogP contribution in [0.2, 0.25) is 10.4 Å². The van der Waals surface area contributed by atoms with Gasteiger partial charge in [0, 0.05) is 6.42 Å². The van der Waals surface area contributed by atoms with Crippen LogP contribution in [-0.2, 0) is 15.9 Å². The maximum absolute atomic E-state index is 13.0. The summed E-state index contributed by atoms with van der Waals surface area (Å²) in [5, 5.41) is 0.262. The summed E-state index contributed by atoms with van der Waals surface area (Å²) in [6, 6.07) is 6.14. The fourth-order valence-electron chi connectivity index (χ4n) is 2.15. The molecule has 7 heteroatoms. The summed E-state index contributed by atoms with van der Waals surface area (Å²) in [6.45, 7) is 0.971. The van der Waals surface area contributed by atoms with E-state index in [-0.39, 0.29) is 16.3 Å². The number of ether oxygens (including phenoxy) is 2. The molecule has 21 heavy (non-hydrogen) atoms. The van der Waals surface area contributed by atoms with Gasteiger partial charge in [-0.1, -0.05) is 23.7 Å². The van der Waals surface area contributed by atoms with Gasteiger partial charge in [-0.15, -0.1) is 0 Å². The van der Waals surface area contributed by atoms with Crippen molar-refractivity contribution in [1.82, 2.24) is 9.97 Å². The quantitative estimate of drug-likeness (QED) is 0.638. The van der Waals surface area contributed by atoms with Crippen LogP contribution < -0.4 is 0 Å². The molecule has 0 atom stereocenters. The molecule has 0 bridgehead atoms. The van der Waals surface area contributed by atoms with Crippen molar-refractivity contribution >= 4 is 23.2 Å². The Kier molecular flexibility index (Phi) is 4.35. The molecule has 3 rings (SSSR count). The highest BCUT2D eigenvalue weighted by atomic mass is 35.5. The summed E-state index contributed by atoms with van der Waals surface area (Å²) in [7, 11) is 0. The second-order valence-electron chi connectivity index (χ2n) is 4.52. The minimum absolute atomic E-state index is 0.0545.